The van der Waals surface area contributed by atoms with E-state index in [0.29, 0.717) is 24.9 Å². The van der Waals surface area contributed by atoms with Crippen molar-refractivity contribution in [3.63, 3.8) is 0 Å². The van der Waals surface area contributed by atoms with Crippen molar-refractivity contribution in [3.8, 4) is 5.95 Å². The molecule has 0 radical (unpaired) electrons. The molecule has 176 valence electrons. The average Bonchev–Trinajstić information content (AvgIpc) is 3.39. The van der Waals surface area contributed by atoms with Gasteiger partial charge in [-0.15, -0.1) is 0 Å². The fourth-order valence-corrected chi connectivity index (χ4v) is 5.31. The number of carbonyl (C=O) groups excluding carboxylic acids is 1. The van der Waals surface area contributed by atoms with E-state index in [1.165, 1.54) is 25.8 Å². The second kappa shape index (κ2) is 8.71. The molecule has 0 aromatic carbocycles. The SMILES string of the molecule is Cn1cc(S(=O)(=O)N2CCCCC2)cc1C(=O)Nc1cc(C(C)(C)C)nn1-c1ncccn1. The summed E-state index contributed by atoms with van der Waals surface area (Å²) in [4.78, 5) is 21.8. The maximum atomic E-state index is 13.2. The van der Waals surface area contributed by atoms with Crippen LogP contribution in [0.2, 0.25) is 0 Å². The number of aryl methyl sites for hydroxylation is 1. The van der Waals surface area contributed by atoms with Gasteiger partial charge in [-0.25, -0.2) is 18.4 Å². The summed E-state index contributed by atoms with van der Waals surface area (Å²) in [5, 5.41) is 7.45. The molecule has 3 aromatic rings. The molecule has 0 atom stereocenters. The Morgan fingerprint density at radius 1 is 1.06 bits per heavy atom. The normalized spacial score (nSPS) is 15.5. The van der Waals surface area contributed by atoms with Crippen LogP contribution in [0, 0.1) is 0 Å². The fourth-order valence-electron chi connectivity index (χ4n) is 3.73. The van der Waals surface area contributed by atoms with E-state index < -0.39 is 15.9 Å². The minimum atomic E-state index is -3.64. The van der Waals surface area contributed by atoms with Crippen LogP contribution in [-0.4, -0.2) is 56.0 Å². The molecule has 1 saturated heterocycles. The maximum absolute atomic E-state index is 13.2. The molecule has 10 nitrogen and oxygen atoms in total. The summed E-state index contributed by atoms with van der Waals surface area (Å²) in [6, 6.07) is 4.90. The summed E-state index contributed by atoms with van der Waals surface area (Å²) in [6.07, 6.45) is 7.41. The monoisotopic (exact) mass is 471 g/mol. The zero-order valence-corrected chi connectivity index (χ0v) is 20.1. The van der Waals surface area contributed by atoms with Crippen molar-refractivity contribution in [2.45, 2.75) is 50.3 Å². The molecular formula is C22H29N7O3S. The third-order valence-corrected chi connectivity index (χ3v) is 7.49. The first-order valence-electron chi connectivity index (χ1n) is 10.9. The number of piperidine rings is 1. The van der Waals surface area contributed by atoms with Crippen LogP contribution in [0.25, 0.3) is 5.95 Å². The van der Waals surface area contributed by atoms with Gasteiger partial charge in [-0.3, -0.25) is 4.79 Å². The largest absolute Gasteiger partial charge is 0.345 e. The van der Waals surface area contributed by atoms with Gasteiger partial charge in [0.15, 0.2) is 0 Å². The minimum absolute atomic E-state index is 0.118. The Hall–Kier alpha value is -3.05. The van der Waals surface area contributed by atoms with Crippen LogP contribution in [0.3, 0.4) is 0 Å². The summed E-state index contributed by atoms with van der Waals surface area (Å²) in [5.41, 5.74) is 0.718. The first kappa shape index (κ1) is 23.1. The van der Waals surface area contributed by atoms with E-state index in [-0.39, 0.29) is 16.0 Å². The van der Waals surface area contributed by atoms with Crippen molar-refractivity contribution in [2.24, 2.45) is 7.05 Å². The molecule has 1 amide bonds. The average molecular weight is 472 g/mol. The summed E-state index contributed by atoms with van der Waals surface area (Å²) < 4.78 is 30.6. The Labute approximate surface area is 193 Å². The van der Waals surface area contributed by atoms with Crippen LogP contribution < -0.4 is 5.32 Å². The maximum Gasteiger partial charge on any atom is 0.273 e. The Morgan fingerprint density at radius 2 is 1.73 bits per heavy atom. The standard InChI is InChI=1S/C22H29N7O3S/c1-22(2,3)18-14-19(29(26-18)21-23-9-8-10-24-21)25-20(30)17-13-16(15-27(17)4)33(31,32)28-11-6-5-7-12-28/h8-10,13-15H,5-7,11-12H2,1-4H3,(H,25,30). The quantitative estimate of drug-likeness (QED) is 0.612. The van der Waals surface area contributed by atoms with Gasteiger partial charge in [0.25, 0.3) is 11.9 Å². The van der Waals surface area contributed by atoms with Crippen molar-refractivity contribution in [2.75, 3.05) is 18.4 Å². The lowest BCUT2D eigenvalue weighted by atomic mass is 9.92. The molecule has 11 heteroatoms. The lowest BCUT2D eigenvalue weighted by molar-refractivity contribution is 0.101. The van der Waals surface area contributed by atoms with Gasteiger partial charge >= 0.3 is 0 Å². The molecule has 4 heterocycles. The highest BCUT2D eigenvalue weighted by Gasteiger charge is 2.29. The van der Waals surface area contributed by atoms with Crippen molar-refractivity contribution in [3.05, 3.63) is 48.2 Å². The number of nitrogens with zero attached hydrogens (tertiary/aromatic N) is 6. The summed E-state index contributed by atoms with van der Waals surface area (Å²) >= 11 is 0. The number of aromatic nitrogens is 5. The van der Waals surface area contributed by atoms with Crippen molar-refractivity contribution in [1.29, 1.82) is 0 Å². The number of rotatable bonds is 5. The molecule has 0 aliphatic carbocycles. The van der Waals surface area contributed by atoms with E-state index in [9.17, 15) is 13.2 Å². The molecular weight excluding hydrogens is 442 g/mol. The Bertz CT molecular complexity index is 1250. The number of nitrogens with one attached hydrogen (secondary N) is 1. The van der Waals surface area contributed by atoms with Gasteiger partial charge in [-0.05, 0) is 25.0 Å². The second-order valence-corrected chi connectivity index (χ2v) is 11.2. The van der Waals surface area contributed by atoms with Crippen LogP contribution in [0.1, 0.15) is 56.2 Å². The molecule has 4 rings (SSSR count). The predicted octanol–water partition coefficient (Wildman–Crippen LogP) is 2.73. The number of hydrogen-bond acceptors (Lipinski definition) is 6. The molecule has 1 aliphatic rings. The van der Waals surface area contributed by atoms with Crippen LogP contribution in [-0.2, 0) is 22.5 Å². The molecule has 1 N–H and O–H groups in total. The fraction of sp³-hybridized carbons (Fsp3) is 0.455. The molecule has 0 saturated carbocycles. The van der Waals surface area contributed by atoms with E-state index >= 15 is 0 Å². The van der Waals surface area contributed by atoms with Gasteiger partial charge in [0.05, 0.1) is 5.69 Å². The molecule has 0 spiro atoms. The first-order chi connectivity index (χ1) is 15.6. The Morgan fingerprint density at radius 3 is 2.36 bits per heavy atom. The molecule has 1 aliphatic heterocycles. The zero-order chi connectivity index (χ0) is 23.8. The van der Waals surface area contributed by atoms with Gasteiger partial charge in [-0.1, -0.05) is 27.2 Å². The topological polar surface area (TPSA) is 115 Å². The van der Waals surface area contributed by atoms with Crippen LogP contribution in [0.15, 0.2) is 41.7 Å². The number of hydrogen-bond donors (Lipinski definition) is 1. The lowest BCUT2D eigenvalue weighted by Gasteiger charge is -2.25. The van der Waals surface area contributed by atoms with Crippen molar-refractivity contribution < 1.29 is 13.2 Å². The molecule has 3 aromatic heterocycles. The van der Waals surface area contributed by atoms with Crippen LogP contribution in [0.5, 0.6) is 0 Å². The van der Waals surface area contributed by atoms with E-state index in [0.717, 1.165) is 25.0 Å². The van der Waals surface area contributed by atoms with Crippen molar-refractivity contribution in [1.82, 2.24) is 28.6 Å². The number of sulfonamides is 1. The summed E-state index contributed by atoms with van der Waals surface area (Å²) in [7, 11) is -1.99. The smallest absolute Gasteiger partial charge is 0.273 e. The Balaban J connectivity index is 1.65. The molecule has 0 unspecified atom stereocenters. The van der Waals surface area contributed by atoms with Gasteiger partial charge < -0.3 is 9.88 Å². The predicted molar refractivity (Wildman–Crippen MR) is 124 cm³/mol. The van der Waals surface area contributed by atoms with E-state index in [2.05, 4.69) is 20.4 Å². The highest BCUT2D eigenvalue weighted by atomic mass is 32.2. The summed E-state index contributed by atoms with van der Waals surface area (Å²) in [5.74, 6) is 0.274. The first-order valence-corrected chi connectivity index (χ1v) is 12.4. The van der Waals surface area contributed by atoms with Gasteiger partial charge in [0.2, 0.25) is 10.0 Å². The number of amides is 1. The molecule has 1 fully saturated rings. The van der Waals surface area contributed by atoms with Crippen molar-refractivity contribution >= 4 is 21.7 Å². The number of carbonyl (C=O) groups is 1. The third kappa shape index (κ3) is 4.69. The van der Waals surface area contributed by atoms with Crippen LogP contribution in [0.4, 0.5) is 5.82 Å². The van der Waals surface area contributed by atoms with E-state index in [1.807, 2.05) is 20.8 Å². The number of anilines is 1. The Kier molecular flexibility index (Phi) is 6.10. The second-order valence-electron chi connectivity index (χ2n) is 9.22. The summed E-state index contributed by atoms with van der Waals surface area (Å²) in [6.45, 7) is 7.07. The molecule has 33 heavy (non-hydrogen) atoms. The van der Waals surface area contributed by atoms with E-state index in [1.54, 1.807) is 31.6 Å². The zero-order valence-electron chi connectivity index (χ0n) is 19.3. The highest BCUT2D eigenvalue weighted by Crippen LogP contribution is 2.26. The highest BCUT2D eigenvalue weighted by molar-refractivity contribution is 7.89. The molecule has 0 bridgehead atoms. The minimum Gasteiger partial charge on any atom is -0.345 e. The van der Waals surface area contributed by atoms with Gasteiger partial charge in [0.1, 0.15) is 16.4 Å². The van der Waals surface area contributed by atoms with E-state index in [4.69, 9.17) is 0 Å². The third-order valence-electron chi connectivity index (χ3n) is 5.63. The van der Waals surface area contributed by atoms with Gasteiger partial charge in [0, 0.05) is 50.2 Å². The van der Waals surface area contributed by atoms with Crippen LogP contribution >= 0.6 is 0 Å². The van der Waals surface area contributed by atoms with Gasteiger partial charge in [-0.2, -0.15) is 14.1 Å². The lowest BCUT2D eigenvalue weighted by Crippen LogP contribution is -2.35.